The number of phosphoric ester groups is 1. The molecule has 0 amide bonds. The Morgan fingerprint density at radius 3 is 2.21 bits per heavy atom. The molecule has 82 valence electrons. The van der Waals surface area contributed by atoms with Crippen molar-refractivity contribution in [1.29, 1.82) is 0 Å². The maximum atomic E-state index is 11.6. The van der Waals surface area contributed by atoms with E-state index < -0.39 is 15.2 Å². The van der Waals surface area contributed by atoms with E-state index in [1.807, 2.05) is 5.92 Å². The summed E-state index contributed by atoms with van der Waals surface area (Å²) in [7, 11) is -7.32. The Morgan fingerprint density at radius 1 is 1.36 bits per heavy atom. The first-order valence-corrected chi connectivity index (χ1v) is 7.58. The van der Waals surface area contributed by atoms with Gasteiger partial charge in [0.1, 0.15) is 6.61 Å². The average Bonchev–Trinajstić information content (AvgIpc) is 2.14. The van der Waals surface area contributed by atoms with E-state index >= 15 is 0 Å². The molecular weight excluding hydrogens is 226 g/mol. The molecule has 0 fully saturated rings. The molecule has 0 spiro atoms. The van der Waals surface area contributed by atoms with Gasteiger partial charge >= 0.3 is 7.82 Å². The highest BCUT2D eigenvalue weighted by atomic mass is 31.3. The second kappa shape index (κ2) is 5.70. The van der Waals surface area contributed by atoms with Crippen molar-refractivity contribution in [2.45, 2.75) is 13.8 Å². The van der Waals surface area contributed by atoms with E-state index in [0.29, 0.717) is 0 Å². The summed E-state index contributed by atoms with van der Waals surface area (Å²) in [6.07, 6.45) is 5.21. The van der Waals surface area contributed by atoms with Crippen LogP contribution in [0.2, 0.25) is 0 Å². The van der Waals surface area contributed by atoms with E-state index in [-0.39, 0.29) is 18.9 Å². The fourth-order valence-electron chi connectivity index (χ4n) is 0.670. The number of phosphoric acid groups is 1. The summed E-state index contributed by atoms with van der Waals surface area (Å²) in [6.45, 7) is 2.89. The first kappa shape index (κ1) is 13.9. The molecule has 0 aliphatic heterocycles. The van der Waals surface area contributed by atoms with E-state index in [4.69, 9.17) is 11.3 Å². The van der Waals surface area contributed by atoms with Crippen LogP contribution in [-0.2, 0) is 18.0 Å². The average molecular weight is 240 g/mol. The normalized spacial score (nSPS) is 15.9. The van der Waals surface area contributed by atoms with Crippen LogP contribution < -0.4 is 0 Å². The molecule has 1 unspecified atom stereocenters. The lowest BCUT2D eigenvalue weighted by Gasteiger charge is -2.17. The minimum atomic E-state index is -4.27. The highest BCUT2D eigenvalue weighted by Crippen LogP contribution is 2.61. The highest BCUT2D eigenvalue weighted by molar-refractivity contribution is 7.67. The lowest BCUT2D eigenvalue weighted by molar-refractivity contribution is 0.226. The molecule has 1 N–H and O–H groups in total. The first-order valence-electron chi connectivity index (χ1n) is 4.09. The van der Waals surface area contributed by atoms with Gasteiger partial charge in [0.05, 0.1) is 0 Å². The van der Waals surface area contributed by atoms with Gasteiger partial charge in [0, 0.05) is 12.3 Å². The van der Waals surface area contributed by atoms with Gasteiger partial charge in [-0.05, 0) is 0 Å². The molecule has 0 radical (unpaired) electrons. The molecule has 0 aliphatic carbocycles. The van der Waals surface area contributed by atoms with E-state index in [1.165, 1.54) is 0 Å². The van der Waals surface area contributed by atoms with Gasteiger partial charge in [0.2, 0.25) is 7.37 Å². The summed E-state index contributed by atoms with van der Waals surface area (Å²) in [5.74, 6) is 2.02. The minimum absolute atomic E-state index is 0.188. The van der Waals surface area contributed by atoms with Crippen LogP contribution in [0.3, 0.4) is 0 Å². The van der Waals surface area contributed by atoms with Crippen LogP contribution >= 0.6 is 15.2 Å². The van der Waals surface area contributed by atoms with Crippen LogP contribution in [0, 0.1) is 12.3 Å². The standard InChI is InChI=1S/C7H14O5P2/c1-4-7-11-14(9,10)12-13(8,5-2)6-3/h1H,5-7H2,2-3H3,(H,9,10). The van der Waals surface area contributed by atoms with Crippen LogP contribution in [0.25, 0.3) is 0 Å². The van der Waals surface area contributed by atoms with Gasteiger partial charge in [-0.15, -0.1) is 6.42 Å². The van der Waals surface area contributed by atoms with Crippen molar-refractivity contribution in [3.8, 4) is 12.3 Å². The van der Waals surface area contributed by atoms with Gasteiger partial charge in [-0.2, -0.15) is 0 Å². The number of hydrogen-bond donors (Lipinski definition) is 1. The number of terminal acetylenes is 1. The molecule has 0 aromatic heterocycles. The smallest absolute Gasteiger partial charge is 0.302 e. The van der Waals surface area contributed by atoms with Crippen molar-refractivity contribution in [2.75, 3.05) is 18.9 Å². The zero-order valence-corrected chi connectivity index (χ0v) is 9.96. The van der Waals surface area contributed by atoms with Crippen LogP contribution in [0.4, 0.5) is 0 Å². The maximum absolute atomic E-state index is 11.6. The molecule has 0 aromatic carbocycles. The summed E-state index contributed by atoms with van der Waals surface area (Å²) >= 11 is 0. The van der Waals surface area contributed by atoms with Crippen molar-refractivity contribution in [3.05, 3.63) is 0 Å². The van der Waals surface area contributed by atoms with Crippen LogP contribution in [0.15, 0.2) is 0 Å². The van der Waals surface area contributed by atoms with Crippen molar-refractivity contribution >= 4 is 15.2 Å². The molecule has 14 heavy (non-hydrogen) atoms. The molecule has 0 bridgehead atoms. The van der Waals surface area contributed by atoms with E-state index in [9.17, 15) is 9.13 Å². The molecule has 0 aromatic rings. The Bertz CT molecular complexity index is 298. The Morgan fingerprint density at radius 2 is 1.86 bits per heavy atom. The lowest BCUT2D eigenvalue weighted by Crippen LogP contribution is -1.98. The predicted octanol–water partition coefficient (Wildman–Crippen LogP) is 2.07. The molecule has 0 aliphatic rings. The van der Waals surface area contributed by atoms with Crippen LogP contribution in [-0.4, -0.2) is 23.8 Å². The van der Waals surface area contributed by atoms with Gasteiger partial charge in [0.25, 0.3) is 0 Å². The molecule has 0 heterocycles. The van der Waals surface area contributed by atoms with E-state index in [1.54, 1.807) is 13.8 Å². The van der Waals surface area contributed by atoms with E-state index in [2.05, 4.69) is 8.83 Å². The summed E-state index contributed by atoms with van der Waals surface area (Å²) in [4.78, 5) is 9.09. The first-order chi connectivity index (χ1) is 6.39. The molecule has 0 saturated carbocycles. The Hall–Kier alpha value is -0.100. The molecule has 0 saturated heterocycles. The van der Waals surface area contributed by atoms with Gasteiger partial charge in [-0.25, -0.2) is 8.88 Å². The molecular formula is C7H14O5P2. The SMILES string of the molecule is C#CCOP(=O)(O)OP(=O)(CC)CC. The van der Waals surface area contributed by atoms with Gasteiger partial charge < -0.3 is 4.89 Å². The Kier molecular flexibility index (Phi) is 5.66. The Labute approximate surface area is 83.9 Å². The third-order valence-corrected chi connectivity index (χ3v) is 5.93. The van der Waals surface area contributed by atoms with Crippen LogP contribution in [0.1, 0.15) is 13.8 Å². The second-order valence-electron chi connectivity index (χ2n) is 2.47. The van der Waals surface area contributed by atoms with Crippen molar-refractivity contribution in [3.63, 3.8) is 0 Å². The molecule has 5 nitrogen and oxygen atoms in total. The van der Waals surface area contributed by atoms with Crippen molar-refractivity contribution in [2.24, 2.45) is 0 Å². The monoisotopic (exact) mass is 240 g/mol. The van der Waals surface area contributed by atoms with Gasteiger partial charge in [0.15, 0.2) is 0 Å². The zero-order chi connectivity index (χ0) is 11.2. The fourth-order valence-corrected chi connectivity index (χ4v) is 3.97. The topological polar surface area (TPSA) is 72.8 Å². The fraction of sp³-hybridized carbons (Fsp3) is 0.714. The minimum Gasteiger partial charge on any atom is -0.302 e. The number of rotatable bonds is 6. The summed E-state index contributed by atoms with van der Waals surface area (Å²) < 4.78 is 31.7. The predicted molar refractivity (Wildman–Crippen MR) is 54.4 cm³/mol. The van der Waals surface area contributed by atoms with Gasteiger partial charge in [-0.3, -0.25) is 9.09 Å². The molecule has 7 heteroatoms. The highest BCUT2D eigenvalue weighted by Gasteiger charge is 2.31. The van der Waals surface area contributed by atoms with Gasteiger partial charge in [-0.1, -0.05) is 19.8 Å². The van der Waals surface area contributed by atoms with E-state index in [0.717, 1.165) is 0 Å². The largest absolute Gasteiger partial charge is 0.478 e. The van der Waals surface area contributed by atoms with Crippen molar-refractivity contribution < 1.29 is 22.9 Å². The summed E-state index contributed by atoms with van der Waals surface area (Å²) in [6, 6.07) is 0. The Balaban J connectivity index is 4.42. The third kappa shape index (κ3) is 4.95. The third-order valence-electron chi connectivity index (χ3n) is 1.53. The number of hydrogen-bond acceptors (Lipinski definition) is 4. The summed E-state index contributed by atoms with van der Waals surface area (Å²) in [5.41, 5.74) is 0. The van der Waals surface area contributed by atoms with Crippen LogP contribution in [0.5, 0.6) is 0 Å². The maximum Gasteiger partial charge on any atom is 0.478 e. The quantitative estimate of drug-likeness (QED) is 0.568. The van der Waals surface area contributed by atoms with Crippen molar-refractivity contribution in [1.82, 2.24) is 0 Å². The molecule has 1 atom stereocenters. The molecule has 0 rings (SSSR count). The zero-order valence-electron chi connectivity index (χ0n) is 8.17. The summed E-state index contributed by atoms with van der Waals surface area (Å²) in [5, 5.41) is 0. The second-order valence-corrected chi connectivity index (χ2v) is 7.22. The lowest BCUT2D eigenvalue weighted by atomic mass is 10.8.